The zero-order valence-electron chi connectivity index (χ0n) is 26.9. The monoisotopic (exact) mass is 668 g/mol. The molecule has 250 valence electrons. The SMILES string of the molecule is CC(=O)Nc1ccc(SC[C@H]2O[C@@H](c3ccc(-c4cccc(CNC(=O)CCC(=O)O)c4)cc3)O[C@@H](c3ccc(CO)cc3)[C@H]2C)cc1. The van der Waals surface area contributed by atoms with Gasteiger partial charge >= 0.3 is 5.97 Å². The lowest BCUT2D eigenvalue weighted by Gasteiger charge is -2.41. The number of hydrogen-bond acceptors (Lipinski definition) is 7. The molecule has 4 aromatic carbocycles. The van der Waals surface area contributed by atoms with Gasteiger partial charge in [0, 0.05) is 47.7 Å². The van der Waals surface area contributed by atoms with E-state index in [0.717, 1.165) is 44.0 Å². The standard InChI is InChI=1S/C38H40N2O7S/c1-24-34(23-48-33-16-14-32(15-17-33)40-25(2)42)46-38(47-37(24)29-8-6-26(22-41)7-9-29)30-12-10-28(11-13-30)31-5-3-4-27(20-31)21-39-35(43)18-19-36(44)45/h3-17,20,24,34,37-38,41H,18-19,21-23H2,1-2H3,(H,39,43)(H,40,42)(H,44,45)/t24-,34+,37+,38+/m0/s1. The van der Waals surface area contributed by atoms with Crippen LogP contribution in [0.2, 0.25) is 0 Å². The number of anilines is 1. The molecule has 1 fully saturated rings. The van der Waals surface area contributed by atoms with Crippen LogP contribution < -0.4 is 10.6 Å². The van der Waals surface area contributed by atoms with Crippen LogP contribution in [0.4, 0.5) is 5.69 Å². The molecule has 0 saturated carbocycles. The van der Waals surface area contributed by atoms with Crippen LogP contribution in [0, 0.1) is 5.92 Å². The number of aliphatic hydroxyl groups is 1. The van der Waals surface area contributed by atoms with Crippen LogP contribution >= 0.6 is 11.8 Å². The summed E-state index contributed by atoms with van der Waals surface area (Å²) in [6.45, 7) is 3.91. The number of hydrogen-bond donors (Lipinski definition) is 4. The highest BCUT2D eigenvalue weighted by Crippen LogP contribution is 2.43. The van der Waals surface area contributed by atoms with Gasteiger partial charge in [0.05, 0.1) is 25.2 Å². The minimum atomic E-state index is -0.998. The predicted octanol–water partition coefficient (Wildman–Crippen LogP) is 6.87. The van der Waals surface area contributed by atoms with Crippen LogP contribution in [0.15, 0.2) is 102 Å². The van der Waals surface area contributed by atoms with Crippen LogP contribution in [0.25, 0.3) is 11.1 Å². The highest BCUT2D eigenvalue weighted by atomic mass is 32.2. The quantitative estimate of drug-likeness (QED) is 0.114. The summed E-state index contributed by atoms with van der Waals surface area (Å²) in [7, 11) is 0. The lowest BCUT2D eigenvalue weighted by atomic mass is 9.91. The molecule has 1 saturated heterocycles. The van der Waals surface area contributed by atoms with E-state index in [2.05, 4.69) is 17.6 Å². The number of aliphatic carboxylic acids is 1. The Morgan fingerprint density at radius 1 is 0.812 bits per heavy atom. The van der Waals surface area contributed by atoms with E-state index in [1.54, 1.807) is 11.8 Å². The van der Waals surface area contributed by atoms with E-state index in [1.807, 2.05) is 97.1 Å². The van der Waals surface area contributed by atoms with Gasteiger partial charge in [-0.25, -0.2) is 0 Å². The highest BCUT2D eigenvalue weighted by molar-refractivity contribution is 7.99. The van der Waals surface area contributed by atoms with Gasteiger partial charge in [-0.05, 0) is 58.1 Å². The number of thioether (sulfide) groups is 1. The Kier molecular flexibility index (Phi) is 12.0. The first-order chi connectivity index (χ1) is 23.2. The molecule has 0 aromatic heterocycles. The van der Waals surface area contributed by atoms with E-state index in [1.165, 1.54) is 6.92 Å². The van der Waals surface area contributed by atoms with Gasteiger partial charge < -0.3 is 30.3 Å². The van der Waals surface area contributed by atoms with E-state index in [9.17, 15) is 19.5 Å². The van der Waals surface area contributed by atoms with E-state index >= 15 is 0 Å². The maximum atomic E-state index is 12.0. The van der Waals surface area contributed by atoms with Crippen molar-refractivity contribution in [2.24, 2.45) is 5.92 Å². The number of carboxylic acid groups (broad SMARTS) is 1. The third kappa shape index (κ3) is 9.54. The first-order valence-corrected chi connectivity index (χ1v) is 16.9. The summed E-state index contributed by atoms with van der Waals surface area (Å²) in [4.78, 5) is 35.2. The zero-order chi connectivity index (χ0) is 34.0. The normalized spacial score (nSPS) is 19.0. The molecule has 4 atom stereocenters. The number of carbonyl (C=O) groups excluding carboxylic acids is 2. The van der Waals surface area contributed by atoms with Crippen LogP contribution in [0.1, 0.15) is 61.3 Å². The molecule has 5 rings (SSSR count). The molecule has 1 aliphatic heterocycles. The van der Waals surface area contributed by atoms with Gasteiger partial charge in [0.15, 0.2) is 6.29 Å². The summed E-state index contributed by atoms with van der Waals surface area (Å²) in [5.74, 6) is -0.666. The molecule has 0 bridgehead atoms. The number of nitrogens with one attached hydrogen (secondary N) is 2. The fourth-order valence-electron chi connectivity index (χ4n) is 5.53. The summed E-state index contributed by atoms with van der Waals surface area (Å²) in [5, 5.41) is 23.9. The molecule has 1 aliphatic rings. The van der Waals surface area contributed by atoms with Crippen LogP contribution in [-0.2, 0) is 37.0 Å². The average molecular weight is 669 g/mol. The smallest absolute Gasteiger partial charge is 0.303 e. The van der Waals surface area contributed by atoms with E-state index in [4.69, 9.17) is 14.6 Å². The molecule has 0 spiro atoms. The topological polar surface area (TPSA) is 134 Å². The molecule has 48 heavy (non-hydrogen) atoms. The molecular formula is C38H40N2O7S. The Bertz CT molecular complexity index is 1690. The number of benzene rings is 4. The number of carbonyl (C=O) groups is 3. The average Bonchev–Trinajstić information content (AvgIpc) is 3.10. The van der Waals surface area contributed by atoms with Crippen molar-refractivity contribution in [3.8, 4) is 11.1 Å². The lowest BCUT2D eigenvalue weighted by molar-refractivity contribution is -0.268. The summed E-state index contributed by atoms with van der Waals surface area (Å²) >= 11 is 1.69. The molecule has 4 aromatic rings. The lowest BCUT2D eigenvalue weighted by Crippen LogP contribution is -2.38. The number of ether oxygens (including phenoxy) is 2. The Morgan fingerprint density at radius 3 is 2.19 bits per heavy atom. The van der Waals surface area contributed by atoms with Crippen molar-refractivity contribution in [2.75, 3.05) is 11.1 Å². The Balaban J connectivity index is 1.30. The second-order valence-electron chi connectivity index (χ2n) is 11.8. The molecule has 0 unspecified atom stereocenters. The van der Waals surface area contributed by atoms with Gasteiger partial charge in [-0.2, -0.15) is 0 Å². The van der Waals surface area contributed by atoms with Gasteiger partial charge in [-0.3, -0.25) is 14.4 Å². The zero-order valence-corrected chi connectivity index (χ0v) is 27.7. The largest absolute Gasteiger partial charge is 0.481 e. The minimum Gasteiger partial charge on any atom is -0.481 e. The Labute approximate surface area is 284 Å². The van der Waals surface area contributed by atoms with Gasteiger partial charge in [-0.1, -0.05) is 73.7 Å². The van der Waals surface area contributed by atoms with Crippen molar-refractivity contribution in [2.45, 2.75) is 63.2 Å². The second-order valence-corrected chi connectivity index (χ2v) is 12.9. The molecule has 0 aliphatic carbocycles. The van der Waals surface area contributed by atoms with Crippen LogP contribution in [-0.4, -0.2) is 39.9 Å². The number of aliphatic hydroxyl groups excluding tert-OH is 1. The van der Waals surface area contributed by atoms with Crippen molar-refractivity contribution < 1.29 is 34.1 Å². The summed E-state index contributed by atoms with van der Waals surface area (Å²) in [5.41, 5.74) is 6.39. The van der Waals surface area contributed by atoms with E-state index < -0.39 is 12.3 Å². The molecule has 10 heteroatoms. The number of rotatable bonds is 13. The summed E-state index contributed by atoms with van der Waals surface area (Å²) in [6.07, 6.45) is -1.21. The van der Waals surface area contributed by atoms with Gasteiger partial charge in [0.2, 0.25) is 11.8 Å². The van der Waals surface area contributed by atoms with Crippen molar-refractivity contribution in [1.82, 2.24) is 5.32 Å². The second kappa shape index (κ2) is 16.6. The first kappa shape index (κ1) is 34.8. The maximum Gasteiger partial charge on any atom is 0.303 e. The highest BCUT2D eigenvalue weighted by Gasteiger charge is 2.38. The fraction of sp³-hybridized carbons (Fsp3) is 0.289. The Hall–Kier alpha value is -4.48. The molecule has 1 heterocycles. The fourth-order valence-corrected chi connectivity index (χ4v) is 6.60. The molecule has 9 nitrogen and oxygen atoms in total. The molecular weight excluding hydrogens is 628 g/mol. The van der Waals surface area contributed by atoms with E-state index in [0.29, 0.717) is 12.3 Å². The summed E-state index contributed by atoms with van der Waals surface area (Å²) < 4.78 is 13.2. The maximum absolute atomic E-state index is 12.0. The number of amides is 2. The van der Waals surface area contributed by atoms with E-state index in [-0.39, 0.29) is 49.4 Å². The van der Waals surface area contributed by atoms with Crippen molar-refractivity contribution in [1.29, 1.82) is 0 Å². The molecule has 0 radical (unpaired) electrons. The van der Waals surface area contributed by atoms with Crippen molar-refractivity contribution in [3.63, 3.8) is 0 Å². The van der Waals surface area contributed by atoms with Gasteiger partial charge in [0.1, 0.15) is 0 Å². The van der Waals surface area contributed by atoms with Crippen molar-refractivity contribution in [3.05, 3.63) is 119 Å². The first-order valence-electron chi connectivity index (χ1n) is 15.9. The summed E-state index contributed by atoms with van der Waals surface area (Å²) in [6, 6.07) is 31.5. The van der Waals surface area contributed by atoms with Gasteiger partial charge in [-0.15, -0.1) is 11.8 Å². The third-order valence-electron chi connectivity index (χ3n) is 8.21. The Morgan fingerprint density at radius 2 is 1.52 bits per heavy atom. The minimum absolute atomic E-state index is 0.0240. The van der Waals surface area contributed by atoms with Crippen LogP contribution in [0.5, 0.6) is 0 Å². The molecule has 4 N–H and O–H groups in total. The van der Waals surface area contributed by atoms with Crippen molar-refractivity contribution >= 4 is 35.2 Å². The van der Waals surface area contributed by atoms with Gasteiger partial charge in [0.25, 0.3) is 0 Å². The van der Waals surface area contributed by atoms with Crippen LogP contribution in [0.3, 0.4) is 0 Å². The third-order valence-corrected chi connectivity index (χ3v) is 9.31. The predicted molar refractivity (Wildman–Crippen MR) is 185 cm³/mol. The number of carboxylic acids is 1. The molecule has 2 amide bonds.